The van der Waals surface area contributed by atoms with Gasteiger partial charge in [-0.3, -0.25) is 13.5 Å². The molecule has 7 nitrogen and oxygen atoms in total. The van der Waals surface area contributed by atoms with E-state index in [9.17, 15) is 13.2 Å². The molecule has 1 fully saturated rings. The third-order valence-electron chi connectivity index (χ3n) is 1.57. The fourth-order valence-electron chi connectivity index (χ4n) is 0.895. The molecule has 0 unspecified atom stereocenters. The van der Waals surface area contributed by atoms with Gasteiger partial charge >= 0.3 is 16.4 Å². The van der Waals surface area contributed by atoms with E-state index in [0.717, 1.165) is 26.5 Å². The van der Waals surface area contributed by atoms with Crippen LogP contribution in [0.2, 0.25) is 0 Å². The van der Waals surface area contributed by atoms with E-state index < -0.39 is 16.4 Å². The average molecular weight is 227 g/mol. The zero-order chi connectivity index (χ0) is 11.2. The van der Waals surface area contributed by atoms with Gasteiger partial charge in [0, 0.05) is 0 Å². The van der Waals surface area contributed by atoms with Crippen molar-refractivity contribution in [3.05, 3.63) is 0 Å². The molecule has 1 saturated heterocycles. The third kappa shape index (κ3) is 6.78. The summed E-state index contributed by atoms with van der Waals surface area (Å²) in [5, 5.41) is 11.2. The zero-order valence-corrected chi connectivity index (χ0v) is 8.45. The summed E-state index contributed by atoms with van der Waals surface area (Å²) in [5.41, 5.74) is 0. The Kier molecular flexibility index (Phi) is 5.62. The maximum absolute atomic E-state index is 10.1. The summed E-state index contributed by atoms with van der Waals surface area (Å²) in [6.45, 7) is 0.858. The molecule has 0 aromatic carbocycles. The summed E-state index contributed by atoms with van der Waals surface area (Å²) in [6.07, 6.45) is 1.78. The van der Waals surface area contributed by atoms with E-state index in [4.69, 9.17) is 9.66 Å². The lowest BCUT2D eigenvalue weighted by atomic mass is 10.2. The van der Waals surface area contributed by atoms with Crippen molar-refractivity contribution >= 4 is 16.4 Å². The van der Waals surface area contributed by atoms with Gasteiger partial charge in [0.15, 0.2) is 0 Å². The van der Waals surface area contributed by atoms with Crippen molar-refractivity contribution in [2.75, 3.05) is 13.7 Å². The minimum atomic E-state index is -4.16. The van der Waals surface area contributed by atoms with E-state index in [0.29, 0.717) is 0 Å². The number of carboxylic acids is 1. The van der Waals surface area contributed by atoms with Gasteiger partial charge < -0.3 is 10.4 Å². The average Bonchev–Trinajstić information content (AvgIpc) is 2.56. The molecule has 0 bridgehead atoms. The molecule has 1 atom stereocenters. The lowest BCUT2D eigenvalue weighted by molar-refractivity contribution is -0.139. The first kappa shape index (κ1) is 13.3. The van der Waals surface area contributed by atoms with Gasteiger partial charge in [-0.25, -0.2) is 0 Å². The third-order valence-corrected chi connectivity index (χ3v) is 1.99. The van der Waals surface area contributed by atoms with Gasteiger partial charge in [-0.1, -0.05) is 0 Å². The van der Waals surface area contributed by atoms with Crippen molar-refractivity contribution in [3.8, 4) is 0 Å². The molecule has 3 N–H and O–H groups in total. The van der Waals surface area contributed by atoms with Crippen LogP contribution in [0.3, 0.4) is 0 Å². The summed E-state index contributed by atoms with van der Waals surface area (Å²) in [5.74, 6) is -0.720. The highest BCUT2D eigenvalue weighted by Gasteiger charge is 2.20. The first-order chi connectivity index (χ1) is 6.37. The Morgan fingerprint density at radius 1 is 1.57 bits per heavy atom. The Labute approximate surface area is 82.0 Å². The normalized spacial score (nSPS) is 21.1. The molecule has 1 heterocycles. The molecule has 14 heavy (non-hydrogen) atoms. The summed E-state index contributed by atoms with van der Waals surface area (Å²) in [6, 6.07) is -0.269. The summed E-state index contributed by atoms with van der Waals surface area (Å²) in [4.78, 5) is 10.1. The number of hydrogen-bond donors (Lipinski definition) is 3. The van der Waals surface area contributed by atoms with Crippen molar-refractivity contribution in [2.24, 2.45) is 0 Å². The van der Waals surface area contributed by atoms with Gasteiger partial charge in [-0.05, 0) is 19.4 Å². The van der Waals surface area contributed by atoms with Crippen LogP contribution in [0.1, 0.15) is 12.8 Å². The van der Waals surface area contributed by atoms with E-state index in [1.807, 2.05) is 0 Å². The molecule has 0 amide bonds. The van der Waals surface area contributed by atoms with Crippen LogP contribution in [0, 0.1) is 0 Å². The lowest BCUT2D eigenvalue weighted by Gasteiger charge is -1.99. The van der Waals surface area contributed by atoms with Gasteiger partial charge in [-0.2, -0.15) is 8.42 Å². The van der Waals surface area contributed by atoms with Crippen LogP contribution >= 0.6 is 0 Å². The summed E-state index contributed by atoms with van der Waals surface area (Å²) in [7, 11) is -3.29. The largest absolute Gasteiger partial charge is 0.480 e. The first-order valence-corrected chi connectivity index (χ1v) is 5.22. The molecular weight excluding hydrogens is 214 g/mol. The van der Waals surface area contributed by atoms with Crippen LogP contribution in [0.4, 0.5) is 0 Å². The van der Waals surface area contributed by atoms with Crippen LogP contribution in [0.15, 0.2) is 0 Å². The first-order valence-electron chi connectivity index (χ1n) is 3.86. The second-order valence-corrected chi connectivity index (χ2v) is 3.77. The molecule has 0 aromatic heterocycles. The summed E-state index contributed by atoms with van der Waals surface area (Å²) < 4.78 is 29.7. The SMILES string of the molecule is COS(=O)(=O)O.O=C(O)[C@@H]1CCCN1. The molecule has 0 radical (unpaired) electrons. The minimum absolute atomic E-state index is 0.269. The molecule has 0 aliphatic carbocycles. The Morgan fingerprint density at radius 2 is 2.07 bits per heavy atom. The number of aliphatic carboxylic acids is 1. The topological polar surface area (TPSA) is 113 Å². The standard InChI is InChI=1S/C5H9NO2.CH4O4S/c7-5(8)4-2-1-3-6-4;1-5-6(2,3)4/h4,6H,1-3H2,(H,7,8);1H3,(H,2,3,4)/t4-;/m0./s1. The molecule has 0 aromatic rings. The van der Waals surface area contributed by atoms with Crippen molar-refractivity contribution in [3.63, 3.8) is 0 Å². The summed E-state index contributed by atoms with van der Waals surface area (Å²) >= 11 is 0. The quantitative estimate of drug-likeness (QED) is 0.532. The number of carboxylic acid groups (broad SMARTS) is 1. The molecule has 8 heteroatoms. The highest BCUT2D eigenvalue weighted by molar-refractivity contribution is 7.80. The van der Waals surface area contributed by atoms with Crippen molar-refractivity contribution in [1.29, 1.82) is 0 Å². The maximum Gasteiger partial charge on any atom is 0.397 e. The molecule has 1 aliphatic rings. The van der Waals surface area contributed by atoms with Gasteiger partial charge in [0.05, 0.1) is 7.11 Å². The maximum atomic E-state index is 10.1. The smallest absolute Gasteiger partial charge is 0.397 e. The molecule has 0 saturated carbocycles. The van der Waals surface area contributed by atoms with Crippen molar-refractivity contribution < 1.29 is 27.1 Å². The second-order valence-electron chi connectivity index (χ2n) is 2.58. The Hall–Kier alpha value is -0.700. The molecular formula is C6H13NO6S. The Morgan fingerprint density at radius 3 is 2.21 bits per heavy atom. The molecule has 1 aliphatic heterocycles. The van der Waals surface area contributed by atoms with E-state index in [-0.39, 0.29) is 6.04 Å². The van der Waals surface area contributed by atoms with Gasteiger partial charge in [-0.15, -0.1) is 0 Å². The fourth-order valence-corrected chi connectivity index (χ4v) is 0.895. The van der Waals surface area contributed by atoms with E-state index in [1.54, 1.807) is 0 Å². The predicted octanol–water partition coefficient (Wildman–Crippen LogP) is -0.741. The Bertz CT molecular complexity index is 268. The molecule has 84 valence electrons. The monoisotopic (exact) mass is 227 g/mol. The number of rotatable bonds is 2. The molecule has 1 rings (SSSR count). The van der Waals surface area contributed by atoms with Crippen LogP contribution in [0.25, 0.3) is 0 Å². The van der Waals surface area contributed by atoms with Crippen LogP contribution < -0.4 is 5.32 Å². The van der Waals surface area contributed by atoms with Gasteiger partial charge in [0.1, 0.15) is 6.04 Å². The number of carbonyl (C=O) groups is 1. The molecule has 0 spiro atoms. The fraction of sp³-hybridized carbons (Fsp3) is 0.833. The van der Waals surface area contributed by atoms with E-state index in [1.165, 1.54) is 0 Å². The van der Waals surface area contributed by atoms with Gasteiger partial charge in [0.25, 0.3) is 0 Å². The highest BCUT2D eigenvalue weighted by atomic mass is 32.3. The highest BCUT2D eigenvalue weighted by Crippen LogP contribution is 2.03. The predicted molar refractivity (Wildman–Crippen MR) is 47.2 cm³/mol. The minimum Gasteiger partial charge on any atom is -0.480 e. The number of nitrogens with one attached hydrogen (secondary N) is 1. The second kappa shape index (κ2) is 5.91. The van der Waals surface area contributed by atoms with Crippen LogP contribution in [0.5, 0.6) is 0 Å². The number of hydrogen-bond acceptors (Lipinski definition) is 5. The Balaban J connectivity index is 0.000000255. The van der Waals surface area contributed by atoms with Gasteiger partial charge in [0.2, 0.25) is 0 Å². The lowest BCUT2D eigenvalue weighted by Crippen LogP contribution is -2.29. The van der Waals surface area contributed by atoms with Crippen LogP contribution in [-0.4, -0.2) is 43.7 Å². The van der Waals surface area contributed by atoms with Crippen molar-refractivity contribution in [1.82, 2.24) is 5.32 Å². The van der Waals surface area contributed by atoms with Crippen LogP contribution in [-0.2, 0) is 19.4 Å². The van der Waals surface area contributed by atoms with E-state index in [2.05, 4.69) is 9.50 Å². The van der Waals surface area contributed by atoms with Crippen molar-refractivity contribution in [2.45, 2.75) is 18.9 Å². The zero-order valence-electron chi connectivity index (χ0n) is 7.63. The van der Waals surface area contributed by atoms with E-state index >= 15 is 0 Å².